The third kappa shape index (κ3) is 3.47. The number of amides is 1. The normalized spacial score (nSPS) is 44.1. The van der Waals surface area contributed by atoms with Gasteiger partial charge >= 0.3 is 0 Å². The van der Waals surface area contributed by atoms with Crippen LogP contribution < -0.4 is 5.32 Å². The minimum Gasteiger partial charge on any atom is -0.393 e. The summed E-state index contributed by atoms with van der Waals surface area (Å²) in [6.07, 6.45) is 12.0. The summed E-state index contributed by atoms with van der Waals surface area (Å²) in [5.41, 5.74) is 2.00. The van der Waals surface area contributed by atoms with Crippen LogP contribution in [0.2, 0.25) is 0 Å². The van der Waals surface area contributed by atoms with Gasteiger partial charge < -0.3 is 15.0 Å². The van der Waals surface area contributed by atoms with E-state index in [0.29, 0.717) is 24.1 Å². The van der Waals surface area contributed by atoms with Crippen molar-refractivity contribution in [2.45, 2.75) is 118 Å². The van der Waals surface area contributed by atoms with E-state index in [9.17, 15) is 14.7 Å². The van der Waals surface area contributed by atoms with Crippen LogP contribution in [-0.2, 0) is 11.8 Å². The van der Waals surface area contributed by atoms with Gasteiger partial charge in [0.05, 0.1) is 11.6 Å². The molecule has 0 aliphatic heterocycles. The van der Waals surface area contributed by atoms with Crippen LogP contribution in [0.3, 0.4) is 0 Å². The van der Waals surface area contributed by atoms with Gasteiger partial charge in [-0.1, -0.05) is 48.5 Å². The molecule has 0 radical (unpaired) electrons. The zero-order chi connectivity index (χ0) is 29.0. The molecule has 1 amide bonds. The van der Waals surface area contributed by atoms with E-state index in [0.717, 1.165) is 50.5 Å². The Kier molecular flexibility index (Phi) is 6.19. The number of carbonyl (C=O) groups excluding carboxylic acids is 2. The van der Waals surface area contributed by atoms with E-state index in [-0.39, 0.29) is 51.3 Å². The number of nitrogens with zero attached hydrogens (tertiary/aromatic N) is 2. The van der Waals surface area contributed by atoms with Crippen molar-refractivity contribution in [3.05, 3.63) is 29.4 Å². The van der Waals surface area contributed by atoms with E-state index < -0.39 is 5.54 Å². The van der Waals surface area contributed by atoms with Crippen LogP contribution in [0.5, 0.6) is 0 Å². The molecule has 5 aliphatic rings. The van der Waals surface area contributed by atoms with Crippen molar-refractivity contribution in [3.63, 3.8) is 0 Å². The summed E-state index contributed by atoms with van der Waals surface area (Å²) in [6.45, 7) is 16.6. The van der Waals surface area contributed by atoms with Gasteiger partial charge in [0, 0.05) is 25.9 Å². The fraction of sp³-hybridized carbons (Fsp3) is 0.794. The first-order chi connectivity index (χ1) is 18.6. The number of aromatic nitrogens is 2. The van der Waals surface area contributed by atoms with Crippen molar-refractivity contribution >= 4 is 11.7 Å². The van der Waals surface area contributed by atoms with Crippen LogP contribution in [0.15, 0.2) is 23.5 Å². The number of imidazole rings is 1. The second kappa shape index (κ2) is 8.78. The van der Waals surface area contributed by atoms with Gasteiger partial charge in [-0.2, -0.15) is 0 Å². The lowest BCUT2D eigenvalue weighted by Gasteiger charge is -2.72. The molecule has 5 aliphatic carbocycles. The molecule has 4 saturated carbocycles. The largest absolute Gasteiger partial charge is 0.393 e. The molecule has 0 saturated heterocycles. The van der Waals surface area contributed by atoms with Crippen molar-refractivity contribution in [3.8, 4) is 0 Å². The lowest BCUT2D eigenvalue weighted by Crippen LogP contribution is -2.67. The molecule has 3 unspecified atom stereocenters. The van der Waals surface area contributed by atoms with Crippen LogP contribution in [0, 0.1) is 45.3 Å². The molecule has 8 atom stereocenters. The first-order valence-electron chi connectivity index (χ1n) is 15.9. The smallest absolute Gasteiger partial charge is 0.287 e. The van der Waals surface area contributed by atoms with E-state index in [1.165, 1.54) is 12.0 Å². The minimum absolute atomic E-state index is 0.0572. The predicted molar refractivity (Wildman–Crippen MR) is 156 cm³/mol. The third-order valence-corrected chi connectivity index (χ3v) is 13.8. The van der Waals surface area contributed by atoms with Gasteiger partial charge in [0.1, 0.15) is 0 Å². The van der Waals surface area contributed by atoms with Crippen molar-refractivity contribution in [2.24, 2.45) is 52.4 Å². The van der Waals surface area contributed by atoms with Gasteiger partial charge in [0.25, 0.3) is 5.91 Å². The zero-order valence-electron chi connectivity index (χ0n) is 26.1. The quantitative estimate of drug-likeness (QED) is 0.467. The highest BCUT2D eigenvalue weighted by Gasteiger charge is 2.70. The maximum atomic E-state index is 13.8. The van der Waals surface area contributed by atoms with Gasteiger partial charge in [0.15, 0.2) is 11.6 Å². The van der Waals surface area contributed by atoms with Gasteiger partial charge in [0.2, 0.25) is 0 Å². The van der Waals surface area contributed by atoms with Crippen LogP contribution in [0.1, 0.15) is 117 Å². The second-order valence-corrected chi connectivity index (χ2v) is 16.0. The molecule has 0 spiro atoms. The average Bonchev–Trinajstić information content (AvgIpc) is 3.42. The summed E-state index contributed by atoms with van der Waals surface area (Å²) in [4.78, 5) is 31.7. The first kappa shape index (κ1) is 28.2. The summed E-state index contributed by atoms with van der Waals surface area (Å²) in [5, 5.41) is 14.4. The number of Topliss-reactive ketones (excluding diaryl/α,β-unsaturated/α-hetero) is 1. The number of aryl methyl sites for hydroxylation is 1. The number of ketones is 1. The summed E-state index contributed by atoms with van der Waals surface area (Å²) < 4.78 is 1.76. The maximum Gasteiger partial charge on any atom is 0.287 e. The van der Waals surface area contributed by atoms with Crippen molar-refractivity contribution < 1.29 is 14.7 Å². The monoisotopic (exact) mass is 549 g/mol. The Balaban J connectivity index is 1.42. The molecule has 40 heavy (non-hydrogen) atoms. The van der Waals surface area contributed by atoms with E-state index >= 15 is 0 Å². The Hall–Kier alpha value is -1.95. The molecule has 6 heteroatoms. The zero-order valence-corrected chi connectivity index (χ0v) is 26.1. The average molecular weight is 550 g/mol. The molecule has 1 heterocycles. The van der Waals surface area contributed by atoms with Crippen LogP contribution in [0.25, 0.3) is 0 Å². The molecule has 6 nitrogen and oxygen atoms in total. The Morgan fingerprint density at radius 1 is 1.00 bits per heavy atom. The first-order valence-corrected chi connectivity index (χ1v) is 15.9. The minimum atomic E-state index is -0.606. The van der Waals surface area contributed by atoms with E-state index in [2.05, 4.69) is 58.8 Å². The lowest BCUT2D eigenvalue weighted by molar-refractivity contribution is -0.226. The standard InChI is InChI=1S/C34H51N3O3/c1-20(2)26-22(38)19-34(36-29(40)28-35-17-18-37(28)8)16-15-32(6)21(27(26)34)9-10-24-31(5)13-12-25(39)30(3,4)23(31)11-14-33(24,32)7/h17-18,20-21,23-25,39H,9-16,19H2,1-8H3,(H,36,40)/t21?,23?,24?,25-,31-,32+,33+,34+/m0/s1. The van der Waals surface area contributed by atoms with E-state index in [4.69, 9.17) is 0 Å². The van der Waals surface area contributed by atoms with Gasteiger partial charge in [-0.05, 0) is 108 Å². The number of hydrogen-bond donors (Lipinski definition) is 2. The molecular weight excluding hydrogens is 498 g/mol. The lowest BCUT2D eigenvalue weighted by atomic mass is 9.33. The predicted octanol–water partition coefficient (Wildman–Crippen LogP) is 6.24. The number of allylic oxidation sites excluding steroid dienone is 1. The third-order valence-electron chi connectivity index (χ3n) is 13.8. The molecule has 1 aromatic rings. The Morgan fingerprint density at radius 3 is 2.38 bits per heavy atom. The number of rotatable bonds is 3. The molecule has 6 rings (SSSR count). The number of carbonyl (C=O) groups is 2. The molecule has 1 aromatic heterocycles. The Bertz CT molecular complexity index is 1280. The highest BCUT2D eigenvalue weighted by Crippen LogP contribution is 2.75. The SMILES string of the molecule is CC(C)C1=C2C3CCC4[C@@]5(C)CC[C@H](O)C(C)(C)C5CC[C@@]4(C)[C@]3(C)CC[C@@]2(NC(=O)c2nccn2C)CC1=O. The fourth-order valence-corrected chi connectivity index (χ4v) is 11.6. The topological polar surface area (TPSA) is 84.2 Å². The number of aliphatic hydroxyl groups is 1. The number of hydrogen-bond acceptors (Lipinski definition) is 4. The molecule has 4 fully saturated rings. The highest BCUT2D eigenvalue weighted by atomic mass is 16.3. The summed E-state index contributed by atoms with van der Waals surface area (Å²) in [7, 11) is 1.85. The molecule has 220 valence electrons. The number of fused-ring (bicyclic) bond motifs is 7. The van der Waals surface area contributed by atoms with Crippen LogP contribution in [-0.4, -0.2) is 38.0 Å². The molecule has 2 N–H and O–H groups in total. The fourth-order valence-electron chi connectivity index (χ4n) is 11.6. The number of aliphatic hydroxyl groups excluding tert-OH is 1. The maximum absolute atomic E-state index is 13.8. The Labute approximate surface area is 240 Å². The van der Waals surface area contributed by atoms with Gasteiger partial charge in [-0.15, -0.1) is 0 Å². The van der Waals surface area contributed by atoms with Crippen LogP contribution >= 0.6 is 0 Å². The molecular formula is C34H51N3O3. The van der Waals surface area contributed by atoms with E-state index in [1.807, 2.05) is 7.05 Å². The second-order valence-electron chi connectivity index (χ2n) is 16.0. The summed E-state index contributed by atoms with van der Waals surface area (Å²) in [6, 6.07) is 0. The van der Waals surface area contributed by atoms with Gasteiger partial charge in [-0.3, -0.25) is 9.59 Å². The number of nitrogens with one attached hydrogen (secondary N) is 1. The highest BCUT2D eigenvalue weighted by molar-refractivity contribution is 6.03. The Morgan fingerprint density at radius 2 is 1.73 bits per heavy atom. The summed E-state index contributed by atoms with van der Waals surface area (Å²) >= 11 is 0. The van der Waals surface area contributed by atoms with Crippen molar-refractivity contribution in [2.75, 3.05) is 0 Å². The van der Waals surface area contributed by atoms with Gasteiger partial charge in [-0.25, -0.2) is 4.98 Å². The van der Waals surface area contributed by atoms with E-state index in [1.54, 1.807) is 17.0 Å². The van der Waals surface area contributed by atoms with Crippen LogP contribution in [0.4, 0.5) is 0 Å². The molecule has 0 aromatic carbocycles. The van der Waals surface area contributed by atoms with Crippen molar-refractivity contribution in [1.82, 2.24) is 14.9 Å². The molecule has 0 bridgehead atoms. The van der Waals surface area contributed by atoms with Crippen molar-refractivity contribution in [1.29, 1.82) is 0 Å². The summed E-state index contributed by atoms with van der Waals surface area (Å²) in [5.74, 6) is 1.99.